The highest BCUT2D eigenvalue weighted by molar-refractivity contribution is 6.32. The third-order valence-corrected chi connectivity index (χ3v) is 6.44. The van der Waals surface area contributed by atoms with Crippen molar-refractivity contribution >= 4 is 45.5 Å². The van der Waals surface area contributed by atoms with Gasteiger partial charge < -0.3 is 20.3 Å². The van der Waals surface area contributed by atoms with E-state index in [2.05, 4.69) is 32.7 Å². The van der Waals surface area contributed by atoms with Gasteiger partial charge >= 0.3 is 0 Å². The van der Waals surface area contributed by atoms with Crippen LogP contribution < -0.4 is 15.4 Å². The van der Waals surface area contributed by atoms with Crippen LogP contribution in [0.2, 0.25) is 5.02 Å². The van der Waals surface area contributed by atoms with Crippen LogP contribution in [0.4, 0.5) is 17.1 Å². The average Bonchev–Trinajstić information content (AvgIpc) is 2.93. The quantitative estimate of drug-likeness (QED) is 0.247. The molecular weight excluding hydrogens is 526 g/mol. The summed E-state index contributed by atoms with van der Waals surface area (Å²) in [5.74, 6) is 0.381. The fraction of sp³-hybridized carbons (Fsp3) is 0.233. The molecule has 40 heavy (non-hydrogen) atoms. The number of halogens is 1. The first-order valence-electron chi connectivity index (χ1n) is 12.6. The van der Waals surface area contributed by atoms with Crippen LogP contribution in [-0.2, 0) is 11.4 Å². The van der Waals surface area contributed by atoms with Gasteiger partial charge in [0.2, 0.25) is 5.91 Å². The summed E-state index contributed by atoms with van der Waals surface area (Å²) in [5.41, 5.74) is 4.87. The van der Waals surface area contributed by atoms with Crippen LogP contribution in [0.3, 0.4) is 0 Å². The van der Waals surface area contributed by atoms with E-state index in [4.69, 9.17) is 21.6 Å². The SMILES string of the molecule is Cc1cc2ncc(C#N)c(Nc3ccc(OCc4cc(C#N)ccn4)c(Cl)c3)c2cc1NC(=O)CCCN(C)C. The maximum atomic E-state index is 12.6. The fourth-order valence-electron chi connectivity index (χ4n) is 4.08. The van der Waals surface area contributed by atoms with E-state index in [9.17, 15) is 10.1 Å². The number of hydrogen-bond donors (Lipinski definition) is 2. The summed E-state index contributed by atoms with van der Waals surface area (Å²) >= 11 is 6.51. The molecule has 4 rings (SSSR count). The number of nitriles is 2. The Bertz CT molecular complexity index is 1640. The van der Waals surface area contributed by atoms with E-state index in [1.165, 1.54) is 6.20 Å². The highest BCUT2D eigenvalue weighted by Crippen LogP contribution is 2.35. The topological polar surface area (TPSA) is 127 Å². The molecule has 202 valence electrons. The van der Waals surface area contributed by atoms with Crippen molar-refractivity contribution in [2.45, 2.75) is 26.4 Å². The van der Waals surface area contributed by atoms with Crippen molar-refractivity contribution in [2.75, 3.05) is 31.3 Å². The molecule has 0 aliphatic rings. The first-order chi connectivity index (χ1) is 19.3. The number of benzene rings is 2. The molecule has 2 aromatic carbocycles. The Morgan fingerprint density at radius 2 is 1.93 bits per heavy atom. The normalized spacial score (nSPS) is 10.7. The third kappa shape index (κ3) is 7.03. The standard InChI is InChI=1S/C30H28ClN7O2/c1-19-11-27-24(14-26(19)37-29(39)5-4-10-38(2)3)30(21(16-33)17-35-27)36-22-6-7-28(25(31)13-22)40-18-23-12-20(15-32)8-9-34-23/h6-9,11-14,17H,4-5,10,18H2,1-3H3,(H,35,36)(H,37,39). The summed E-state index contributed by atoms with van der Waals surface area (Å²) in [5, 5.41) is 26.2. The highest BCUT2D eigenvalue weighted by Gasteiger charge is 2.14. The van der Waals surface area contributed by atoms with Crippen molar-refractivity contribution in [3.63, 3.8) is 0 Å². The Morgan fingerprint density at radius 1 is 1.10 bits per heavy atom. The molecule has 0 atom stereocenters. The van der Waals surface area contributed by atoms with E-state index in [0.29, 0.717) is 62.0 Å². The molecule has 2 heterocycles. The summed E-state index contributed by atoms with van der Waals surface area (Å²) in [6.07, 6.45) is 4.23. The lowest BCUT2D eigenvalue weighted by Crippen LogP contribution is -2.17. The summed E-state index contributed by atoms with van der Waals surface area (Å²) in [4.78, 5) is 23.3. The number of fused-ring (bicyclic) bond motifs is 1. The van der Waals surface area contributed by atoms with Gasteiger partial charge in [0.1, 0.15) is 18.4 Å². The number of hydrogen-bond acceptors (Lipinski definition) is 8. The van der Waals surface area contributed by atoms with Crippen LogP contribution in [0.25, 0.3) is 10.9 Å². The Balaban J connectivity index is 1.57. The lowest BCUT2D eigenvalue weighted by Gasteiger charge is -2.16. The number of nitrogens with zero attached hydrogens (tertiary/aromatic N) is 5. The molecule has 2 N–H and O–H groups in total. The van der Waals surface area contributed by atoms with E-state index in [1.54, 1.807) is 36.5 Å². The molecule has 2 aromatic heterocycles. The number of pyridine rings is 2. The first kappa shape index (κ1) is 28.3. The van der Waals surface area contributed by atoms with E-state index in [1.807, 2.05) is 38.1 Å². The number of amides is 1. The van der Waals surface area contributed by atoms with Crippen molar-refractivity contribution in [3.05, 3.63) is 82.3 Å². The highest BCUT2D eigenvalue weighted by atomic mass is 35.5. The van der Waals surface area contributed by atoms with Crippen LogP contribution in [0.1, 0.15) is 35.2 Å². The van der Waals surface area contributed by atoms with Gasteiger partial charge in [0, 0.05) is 35.6 Å². The molecule has 0 unspecified atom stereocenters. The second-order valence-corrected chi connectivity index (χ2v) is 9.91. The van der Waals surface area contributed by atoms with Gasteiger partial charge in [-0.15, -0.1) is 0 Å². The maximum absolute atomic E-state index is 12.6. The number of ether oxygens (including phenoxy) is 1. The van der Waals surface area contributed by atoms with Gasteiger partial charge in [0.15, 0.2) is 0 Å². The molecule has 0 spiro atoms. The molecular formula is C30H28ClN7O2. The van der Waals surface area contributed by atoms with Crippen molar-refractivity contribution in [2.24, 2.45) is 0 Å². The van der Waals surface area contributed by atoms with Crippen LogP contribution in [0.5, 0.6) is 5.75 Å². The molecule has 0 fully saturated rings. The zero-order chi connectivity index (χ0) is 28.6. The number of rotatable bonds is 10. The smallest absolute Gasteiger partial charge is 0.224 e. The van der Waals surface area contributed by atoms with Gasteiger partial charge in [-0.25, -0.2) is 0 Å². The molecule has 0 bridgehead atoms. The van der Waals surface area contributed by atoms with E-state index in [-0.39, 0.29) is 12.5 Å². The van der Waals surface area contributed by atoms with Crippen molar-refractivity contribution in [1.82, 2.24) is 14.9 Å². The molecule has 4 aromatic rings. The summed E-state index contributed by atoms with van der Waals surface area (Å²) in [6.45, 7) is 2.89. The van der Waals surface area contributed by atoms with E-state index < -0.39 is 0 Å². The summed E-state index contributed by atoms with van der Waals surface area (Å²) < 4.78 is 5.81. The minimum Gasteiger partial charge on any atom is -0.486 e. The van der Waals surface area contributed by atoms with Gasteiger partial charge in [-0.05, 0) is 82.0 Å². The molecule has 0 saturated heterocycles. The Morgan fingerprint density at radius 3 is 2.65 bits per heavy atom. The summed E-state index contributed by atoms with van der Waals surface area (Å²) in [6, 6.07) is 16.5. The molecule has 0 aliphatic carbocycles. The number of carbonyl (C=O) groups is 1. The van der Waals surface area contributed by atoms with Crippen LogP contribution >= 0.6 is 11.6 Å². The van der Waals surface area contributed by atoms with Crippen molar-refractivity contribution in [3.8, 4) is 17.9 Å². The predicted octanol–water partition coefficient (Wildman–Crippen LogP) is 5.94. The fourth-order valence-corrected chi connectivity index (χ4v) is 4.32. The third-order valence-electron chi connectivity index (χ3n) is 6.14. The Labute approximate surface area is 238 Å². The van der Waals surface area contributed by atoms with E-state index >= 15 is 0 Å². The Hall–Kier alpha value is -4.70. The number of anilines is 3. The first-order valence-corrected chi connectivity index (χ1v) is 13.0. The number of carbonyl (C=O) groups excluding carboxylic acids is 1. The van der Waals surface area contributed by atoms with Crippen molar-refractivity contribution in [1.29, 1.82) is 10.5 Å². The molecule has 0 saturated carbocycles. The second-order valence-electron chi connectivity index (χ2n) is 9.50. The lowest BCUT2D eigenvalue weighted by molar-refractivity contribution is -0.116. The zero-order valence-electron chi connectivity index (χ0n) is 22.5. The second kappa shape index (κ2) is 12.9. The average molecular weight is 554 g/mol. The Kier molecular flexibility index (Phi) is 9.13. The molecule has 0 radical (unpaired) electrons. The van der Waals surface area contributed by atoms with Crippen LogP contribution in [-0.4, -0.2) is 41.4 Å². The molecule has 9 nitrogen and oxygen atoms in total. The van der Waals surface area contributed by atoms with Gasteiger partial charge in [-0.1, -0.05) is 11.6 Å². The van der Waals surface area contributed by atoms with Crippen LogP contribution in [0, 0.1) is 29.6 Å². The zero-order valence-corrected chi connectivity index (χ0v) is 23.2. The minimum atomic E-state index is -0.0693. The molecule has 10 heteroatoms. The van der Waals surface area contributed by atoms with Gasteiger partial charge in [0.25, 0.3) is 0 Å². The van der Waals surface area contributed by atoms with Gasteiger partial charge in [-0.3, -0.25) is 14.8 Å². The van der Waals surface area contributed by atoms with E-state index in [0.717, 1.165) is 18.5 Å². The minimum absolute atomic E-state index is 0.0693. The number of aromatic nitrogens is 2. The maximum Gasteiger partial charge on any atom is 0.224 e. The molecule has 1 amide bonds. The van der Waals surface area contributed by atoms with Crippen molar-refractivity contribution < 1.29 is 9.53 Å². The summed E-state index contributed by atoms with van der Waals surface area (Å²) in [7, 11) is 3.95. The monoisotopic (exact) mass is 553 g/mol. The largest absolute Gasteiger partial charge is 0.486 e. The number of aryl methyl sites for hydroxylation is 1. The lowest BCUT2D eigenvalue weighted by atomic mass is 10.0. The molecule has 0 aliphatic heterocycles. The number of nitrogens with one attached hydrogen (secondary N) is 2. The predicted molar refractivity (Wildman–Crippen MR) is 156 cm³/mol. The van der Waals surface area contributed by atoms with Crippen LogP contribution in [0.15, 0.2) is 54.9 Å². The van der Waals surface area contributed by atoms with Gasteiger partial charge in [0.05, 0.1) is 39.1 Å². The van der Waals surface area contributed by atoms with Gasteiger partial charge in [-0.2, -0.15) is 10.5 Å².